The van der Waals surface area contributed by atoms with Crippen LogP contribution in [0.25, 0.3) is 0 Å². The molecule has 0 spiro atoms. The lowest BCUT2D eigenvalue weighted by molar-refractivity contribution is -0.0425. The maximum atomic E-state index is 6.22. The summed E-state index contributed by atoms with van der Waals surface area (Å²) < 4.78 is 18.6. The molecule has 128 valence electrons. The van der Waals surface area contributed by atoms with Crippen molar-refractivity contribution in [1.29, 1.82) is 0 Å². The van der Waals surface area contributed by atoms with Crippen molar-refractivity contribution in [2.45, 2.75) is 85.7 Å². The van der Waals surface area contributed by atoms with E-state index in [1.54, 1.807) is 20.8 Å². The molecule has 0 saturated heterocycles. The summed E-state index contributed by atoms with van der Waals surface area (Å²) in [7, 11) is -3.07. The van der Waals surface area contributed by atoms with Gasteiger partial charge in [0.2, 0.25) is 0 Å². The summed E-state index contributed by atoms with van der Waals surface area (Å²) in [5.41, 5.74) is -2.04. The Bertz CT molecular complexity index is 500. The van der Waals surface area contributed by atoms with Crippen LogP contribution in [0.5, 0.6) is 0 Å². The molecular formula is C19H30O3Si. The molecule has 0 aromatic carbocycles. The highest BCUT2D eigenvalue weighted by molar-refractivity contribution is 6.59. The standard InChI is InChI=1S/C19H30O3Si/c1-11-14-17(4,5)20-23(10,21-18(6,7)15-12-2)22-19(8,9)16-13-3/h1-10H3. The Balaban J connectivity index is 5.69. The van der Waals surface area contributed by atoms with Crippen molar-refractivity contribution in [1.82, 2.24) is 0 Å². The third-order valence-corrected chi connectivity index (χ3v) is 5.24. The van der Waals surface area contributed by atoms with Gasteiger partial charge >= 0.3 is 8.80 Å². The maximum Gasteiger partial charge on any atom is 0.501 e. The summed E-state index contributed by atoms with van der Waals surface area (Å²) in [6, 6.07) is 0. The summed E-state index contributed by atoms with van der Waals surface area (Å²) in [6.07, 6.45) is 0. The maximum absolute atomic E-state index is 6.22. The van der Waals surface area contributed by atoms with Crippen LogP contribution in [-0.4, -0.2) is 25.6 Å². The topological polar surface area (TPSA) is 27.7 Å². The summed E-state index contributed by atoms with van der Waals surface area (Å²) in [4.78, 5) is 0. The number of hydrogen-bond donors (Lipinski definition) is 0. The molecule has 23 heavy (non-hydrogen) atoms. The van der Waals surface area contributed by atoms with E-state index in [0.29, 0.717) is 0 Å². The van der Waals surface area contributed by atoms with Crippen LogP contribution in [0.4, 0.5) is 0 Å². The van der Waals surface area contributed by atoms with Gasteiger partial charge in [0.15, 0.2) is 0 Å². The third kappa shape index (κ3) is 8.85. The van der Waals surface area contributed by atoms with Gasteiger partial charge in [0.1, 0.15) is 16.8 Å². The predicted molar refractivity (Wildman–Crippen MR) is 97.5 cm³/mol. The predicted octanol–water partition coefficient (Wildman–Crippen LogP) is 4.01. The highest BCUT2D eigenvalue weighted by Gasteiger charge is 2.47. The van der Waals surface area contributed by atoms with Gasteiger partial charge in [0, 0.05) is 6.55 Å². The van der Waals surface area contributed by atoms with Gasteiger partial charge in [0.05, 0.1) is 0 Å². The first-order chi connectivity index (χ1) is 10.3. The molecule has 0 saturated carbocycles. The molecule has 0 aliphatic rings. The van der Waals surface area contributed by atoms with Crippen LogP contribution < -0.4 is 0 Å². The van der Waals surface area contributed by atoms with Gasteiger partial charge in [-0.15, -0.1) is 17.8 Å². The van der Waals surface area contributed by atoms with E-state index in [4.69, 9.17) is 13.3 Å². The van der Waals surface area contributed by atoms with Crippen LogP contribution in [0.15, 0.2) is 0 Å². The fraction of sp³-hybridized carbons (Fsp3) is 0.684. The van der Waals surface area contributed by atoms with E-state index in [-0.39, 0.29) is 0 Å². The quantitative estimate of drug-likeness (QED) is 0.542. The molecule has 0 aliphatic carbocycles. The van der Waals surface area contributed by atoms with E-state index >= 15 is 0 Å². The summed E-state index contributed by atoms with van der Waals surface area (Å²) >= 11 is 0. The number of rotatable bonds is 6. The van der Waals surface area contributed by atoms with Crippen LogP contribution in [0.1, 0.15) is 62.3 Å². The van der Waals surface area contributed by atoms with Gasteiger partial charge in [-0.2, -0.15) is 0 Å². The van der Waals surface area contributed by atoms with Crippen molar-refractivity contribution in [2.75, 3.05) is 0 Å². The molecule has 0 N–H and O–H groups in total. The van der Waals surface area contributed by atoms with Crippen LogP contribution in [0.2, 0.25) is 6.55 Å². The van der Waals surface area contributed by atoms with E-state index in [2.05, 4.69) is 35.5 Å². The smallest absolute Gasteiger partial charge is 0.357 e. The Kier molecular flexibility index (Phi) is 7.62. The highest BCUT2D eigenvalue weighted by atomic mass is 28.4. The molecule has 0 amide bonds. The summed E-state index contributed by atoms with van der Waals surface area (Å²) in [5.74, 6) is 17.8. The molecule has 0 bridgehead atoms. The van der Waals surface area contributed by atoms with Crippen molar-refractivity contribution in [3.05, 3.63) is 0 Å². The average Bonchev–Trinajstić information content (AvgIpc) is 2.23. The molecule has 0 heterocycles. The van der Waals surface area contributed by atoms with Crippen molar-refractivity contribution >= 4 is 8.80 Å². The van der Waals surface area contributed by atoms with E-state index in [1.165, 1.54) is 0 Å². The largest absolute Gasteiger partial charge is 0.501 e. The Morgan fingerprint density at radius 1 is 0.565 bits per heavy atom. The van der Waals surface area contributed by atoms with Crippen molar-refractivity contribution in [3.8, 4) is 35.5 Å². The van der Waals surface area contributed by atoms with Gasteiger partial charge < -0.3 is 13.3 Å². The lowest BCUT2D eigenvalue weighted by Crippen LogP contribution is -2.56. The highest BCUT2D eigenvalue weighted by Crippen LogP contribution is 2.28. The van der Waals surface area contributed by atoms with E-state index in [1.807, 2.05) is 48.1 Å². The van der Waals surface area contributed by atoms with E-state index in [9.17, 15) is 0 Å². The van der Waals surface area contributed by atoms with Gasteiger partial charge in [-0.05, 0) is 62.3 Å². The van der Waals surface area contributed by atoms with Crippen molar-refractivity contribution in [2.24, 2.45) is 0 Å². The fourth-order valence-electron chi connectivity index (χ4n) is 2.43. The molecule has 0 rings (SSSR count). The Morgan fingerprint density at radius 3 is 0.957 bits per heavy atom. The second kappa shape index (κ2) is 8.05. The van der Waals surface area contributed by atoms with Crippen LogP contribution in [0, 0.1) is 35.5 Å². The van der Waals surface area contributed by atoms with E-state index < -0.39 is 25.6 Å². The molecule has 0 atom stereocenters. The molecule has 0 unspecified atom stereocenters. The molecular weight excluding hydrogens is 304 g/mol. The van der Waals surface area contributed by atoms with Crippen LogP contribution in [-0.2, 0) is 13.3 Å². The molecule has 0 aliphatic heterocycles. The Hall–Kier alpha value is -1.22. The first-order valence-electron chi connectivity index (χ1n) is 7.72. The summed E-state index contributed by atoms with van der Waals surface area (Å²) in [5, 5.41) is 0. The molecule has 0 fully saturated rings. The second-order valence-electron chi connectivity index (χ2n) is 6.82. The monoisotopic (exact) mass is 334 g/mol. The molecule has 4 heteroatoms. The van der Waals surface area contributed by atoms with Gasteiger partial charge in [0.25, 0.3) is 0 Å². The lowest BCUT2D eigenvalue weighted by atomic mass is 10.1. The van der Waals surface area contributed by atoms with Crippen molar-refractivity contribution in [3.63, 3.8) is 0 Å². The minimum atomic E-state index is -3.07. The fourth-order valence-corrected chi connectivity index (χ4v) is 5.49. The first-order valence-corrected chi connectivity index (χ1v) is 9.95. The zero-order chi connectivity index (χ0) is 18.4. The third-order valence-electron chi connectivity index (χ3n) is 2.60. The molecule has 0 aromatic rings. The number of hydrogen-bond acceptors (Lipinski definition) is 3. The van der Waals surface area contributed by atoms with Crippen LogP contribution >= 0.6 is 0 Å². The zero-order valence-corrected chi connectivity index (χ0v) is 17.2. The molecule has 0 radical (unpaired) electrons. The van der Waals surface area contributed by atoms with Gasteiger partial charge in [-0.25, -0.2) is 0 Å². The SMILES string of the molecule is CC#CC(C)(C)O[Si](C)(OC(C)(C)C#CC)OC(C)(C)C#CC. The minimum absolute atomic E-state index is 0.679. The lowest BCUT2D eigenvalue weighted by Gasteiger charge is -2.39. The Morgan fingerprint density at radius 2 is 0.783 bits per heavy atom. The van der Waals surface area contributed by atoms with Gasteiger partial charge in [-0.3, -0.25) is 0 Å². The molecule has 0 aromatic heterocycles. The first kappa shape index (κ1) is 21.8. The summed E-state index contributed by atoms with van der Waals surface area (Å²) in [6.45, 7) is 18.6. The van der Waals surface area contributed by atoms with Gasteiger partial charge in [-0.1, -0.05) is 17.8 Å². The average molecular weight is 335 g/mol. The molecule has 3 nitrogen and oxygen atoms in total. The zero-order valence-electron chi connectivity index (χ0n) is 16.2. The van der Waals surface area contributed by atoms with E-state index in [0.717, 1.165) is 0 Å². The Labute approximate surface area is 143 Å². The second-order valence-corrected chi connectivity index (χ2v) is 9.16. The normalized spacial score (nSPS) is 12.3. The van der Waals surface area contributed by atoms with Crippen LogP contribution in [0.3, 0.4) is 0 Å². The van der Waals surface area contributed by atoms with Crippen molar-refractivity contribution < 1.29 is 13.3 Å². The minimum Gasteiger partial charge on any atom is -0.357 e.